The highest BCUT2D eigenvalue weighted by Crippen LogP contribution is 2.41. The molecule has 0 heterocycles. The minimum Gasteiger partial charge on any atom is -0.508 e. The molecule has 13 heavy (non-hydrogen) atoms. The van der Waals surface area contributed by atoms with Crippen molar-refractivity contribution in [2.75, 3.05) is 13.3 Å². The Kier molecular flexibility index (Phi) is 2.82. The van der Waals surface area contributed by atoms with Gasteiger partial charge in [-0.15, -0.1) is 0 Å². The van der Waals surface area contributed by atoms with Gasteiger partial charge in [0.1, 0.15) is 5.75 Å². The van der Waals surface area contributed by atoms with Crippen LogP contribution >= 0.6 is 7.14 Å². The van der Waals surface area contributed by atoms with Crippen molar-refractivity contribution < 1.29 is 9.67 Å². The van der Waals surface area contributed by atoms with E-state index < -0.39 is 7.14 Å². The lowest BCUT2D eigenvalue weighted by atomic mass is 10.1. The van der Waals surface area contributed by atoms with E-state index >= 15 is 0 Å². The molecule has 0 amide bonds. The van der Waals surface area contributed by atoms with E-state index in [0.29, 0.717) is 6.16 Å². The summed E-state index contributed by atoms with van der Waals surface area (Å²) in [4.78, 5) is 0. The van der Waals surface area contributed by atoms with Gasteiger partial charge in [-0.25, -0.2) is 0 Å². The maximum Gasteiger partial charge on any atom is 0.115 e. The molecule has 0 saturated heterocycles. The van der Waals surface area contributed by atoms with Gasteiger partial charge in [0.25, 0.3) is 0 Å². The smallest absolute Gasteiger partial charge is 0.115 e. The molecule has 0 fully saturated rings. The Hall–Kier alpha value is -0.750. The molecule has 3 heteroatoms. The summed E-state index contributed by atoms with van der Waals surface area (Å²) in [5.74, 6) is 0.244. The Bertz CT molecular complexity index is 352. The van der Waals surface area contributed by atoms with Crippen molar-refractivity contribution in [3.63, 3.8) is 0 Å². The number of benzene rings is 1. The van der Waals surface area contributed by atoms with Crippen LogP contribution in [0.1, 0.15) is 11.1 Å². The molecule has 1 aromatic carbocycles. The van der Waals surface area contributed by atoms with Crippen LogP contribution in [0.15, 0.2) is 18.2 Å². The van der Waals surface area contributed by atoms with E-state index in [1.54, 1.807) is 25.5 Å². The van der Waals surface area contributed by atoms with E-state index in [4.69, 9.17) is 0 Å². The summed E-state index contributed by atoms with van der Waals surface area (Å²) >= 11 is 0. The van der Waals surface area contributed by atoms with Crippen LogP contribution in [-0.2, 0) is 10.7 Å². The summed E-state index contributed by atoms with van der Waals surface area (Å²) < 4.78 is 11.6. The van der Waals surface area contributed by atoms with Gasteiger partial charge in [0.2, 0.25) is 0 Å². The van der Waals surface area contributed by atoms with Crippen molar-refractivity contribution in [1.82, 2.24) is 0 Å². The van der Waals surface area contributed by atoms with E-state index in [9.17, 15) is 9.67 Å². The Labute approximate surface area is 79.0 Å². The lowest BCUT2D eigenvalue weighted by molar-refractivity contribution is 0.474. The molecular formula is C10H15O2P. The van der Waals surface area contributed by atoms with Crippen molar-refractivity contribution >= 4 is 7.14 Å². The fourth-order valence-corrected chi connectivity index (χ4v) is 2.40. The van der Waals surface area contributed by atoms with Crippen LogP contribution < -0.4 is 0 Å². The van der Waals surface area contributed by atoms with E-state index in [1.807, 2.05) is 13.0 Å². The van der Waals surface area contributed by atoms with Gasteiger partial charge in [0.15, 0.2) is 0 Å². The maximum atomic E-state index is 11.6. The van der Waals surface area contributed by atoms with Gasteiger partial charge in [0, 0.05) is 6.16 Å². The number of rotatable bonds is 2. The van der Waals surface area contributed by atoms with Gasteiger partial charge in [0.05, 0.1) is 7.14 Å². The molecule has 1 rings (SSSR count). The van der Waals surface area contributed by atoms with Crippen LogP contribution in [0.5, 0.6) is 5.75 Å². The molecule has 0 aliphatic rings. The number of phenols is 1. The largest absolute Gasteiger partial charge is 0.508 e. The molecule has 0 aromatic heterocycles. The number of hydrogen-bond donors (Lipinski definition) is 1. The zero-order valence-corrected chi connectivity index (χ0v) is 9.14. The van der Waals surface area contributed by atoms with E-state index in [-0.39, 0.29) is 5.75 Å². The first kappa shape index (κ1) is 10.3. The highest BCUT2D eigenvalue weighted by atomic mass is 31.2. The fraction of sp³-hybridized carbons (Fsp3) is 0.400. The molecular weight excluding hydrogens is 183 g/mol. The quantitative estimate of drug-likeness (QED) is 0.742. The van der Waals surface area contributed by atoms with Gasteiger partial charge in [-0.3, -0.25) is 0 Å². The van der Waals surface area contributed by atoms with Gasteiger partial charge in [-0.1, -0.05) is 6.07 Å². The molecule has 2 nitrogen and oxygen atoms in total. The first-order chi connectivity index (χ1) is 5.88. The Morgan fingerprint density at radius 3 is 2.54 bits per heavy atom. The van der Waals surface area contributed by atoms with Crippen molar-refractivity contribution in [2.24, 2.45) is 0 Å². The van der Waals surface area contributed by atoms with Crippen molar-refractivity contribution in [1.29, 1.82) is 0 Å². The lowest BCUT2D eigenvalue weighted by Crippen LogP contribution is -1.89. The van der Waals surface area contributed by atoms with E-state index in [2.05, 4.69) is 0 Å². The third kappa shape index (κ3) is 3.23. The summed E-state index contributed by atoms with van der Waals surface area (Å²) in [7, 11) is -2.05. The zero-order valence-electron chi connectivity index (χ0n) is 8.24. The Balaban J connectivity index is 3.01. The Morgan fingerprint density at radius 2 is 2.00 bits per heavy atom. The standard InChI is InChI=1S/C10H15O2P/c1-8-4-5-10(11)6-9(8)7-13(2,3)12/h4-6,11H,7H2,1-3H3. The Morgan fingerprint density at radius 1 is 1.38 bits per heavy atom. The summed E-state index contributed by atoms with van der Waals surface area (Å²) in [6.45, 7) is 5.48. The molecule has 0 aliphatic heterocycles. The normalized spacial score (nSPS) is 11.6. The molecule has 1 N–H and O–H groups in total. The molecule has 0 spiro atoms. The van der Waals surface area contributed by atoms with Gasteiger partial charge in [-0.2, -0.15) is 0 Å². The molecule has 0 radical (unpaired) electrons. The molecule has 0 bridgehead atoms. The van der Waals surface area contributed by atoms with Crippen LogP contribution in [0, 0.1) is 6.92 Å². The van der Waals surface area contributed by atoms with Gasteiger partial charge >= 0.3 is 0 Å². The third-order valence-electron chi connectivity index (χ3n) is 1.88. The topological polar surface area (TPSA) is 37.3 Å². The van der Waals surface area contributed by atoms with Crippen LogP contribution in [0.3, 0.4) is 0 Å². The first-order valence-electron chi connectivity index (χ1n) is 4.21. The molecule has 0 saturated carbocycles. The van der Waals surface area contributed by atoms with Crippen LogP contribution in [-0.4, -0.2) is 18.4 Å². The lowest BCUT2D eigenvalue weighted by Gasteiger charge is -2.09. The van der Waals surface area contributed by atoms with E-state index in [1.165, 1.54) is 0 Å². The number of aromatic hydroxyl groups is 1. The minimum atomic E-state index is -2.05. The second-order valence-corrected chi connectivity index (χ2v) is 7.31. The second kappa shape index (κ2) is 3.55. The number of phenolic OH excluding ortho intramolecular Hbond substituents is 1. The molecule has 0 aliphatic carbocycles. The summed E-state index contributed by atoms with van der Waals surface area (Å²) in [5.41, 5.74) is 2.06. The predicted molar refractivity (Wildman–Crippen MR) is 56.0 cm³/mol. The molecule has 1 aromatic rings. The summed E-state index contributed by atoms with van der Waals surface area (Å²) in [6, 6.07) is 5.18. The molecule has 0 unspecified atom stereocenters. The predicted octanol–water partition coefficient (Wildman–Crippen LogP) is 2.82. The van der Waals surface area contributed by atoms with Crippen molar-refractivity contribution in [3.8, 4) is 5.75 Å². The summed E-state index contributed by atoms with van der Waals surface area (Å²) in [5, 5.41) is 9.24. The second-order valence-electron chi connectivity index (χ2n) is 3.84. The molecule has 0 atom stereocenters. The van der Waals surface area contributed by atoms with Crippen LogP contribution in [0.2, 0.25) is 0 Å². The van der Waals surface area contributed by atoms with Crippen molar-refractivity contribution in [2.45, 2.75) is 13.1 Å². The monoisotopic (exact) mass is 198 g/mol. The number of aryl methyl sites for hydroxylation is 1. The third-order valence-corrected chi connectivity index (χ3v) is 2.99. The van der Waals surface area contributed by atoms with Gasteiger partial charge < -0.3 is 9.67 Å². The van der Waals surface area contributed by atoms with Crippen LogP contribution in [0.25, 0.3) is 0 Å². The average molecular weight is 198 g/mol. The fourth-order valence-electron chi connectivity index (χ4n) is 1.24. The number of hydrogen-bond acceptors (Lipinski definition) is 2. The molecule has 72 valence electrons. The van der Waals surface area contributed by atoms with Gasteiger partial charge in [-0.05, 0) is 43.5 Å². The average Bonchev–Trinajstić information content (AvgIpc) is 1.94. The van der Waals surface area contributed by atoms with Crippen molar-refractivity contribution in [3.05, 3.63) is 29.3 Å². The minimum absolute atomic E-state index is 0.244. The van der Waals surface area contributed by atoms with Crippen LogP contribution in [0.4, 0.5) is 0 Å². The SMILES string of the molecule is Cc1ccc(O)cc1CP(C)(C)=O. The summed E-state index contributed by atoms with van der Waals surface area (Å²) in [6.07, 6.45) is 0.563. The highest BCUT2D eigenvalue weighted by molar-refractivity contribution is 7.61. The zero-order chi connectivity index (χ0) is 10.1. The first-order valence-corrected chi connectivity index (χ1v) is 6.99. The highest BCUT2D eigenvalue weighted by Gasteiger charge is 2.10. The maximum absolute atomic E-state index is 11.6. The van der Waals surface area contributed by atoms with E-state index in [0.717, 1.165) is 11.1 Å².